The van der Waals surface area contributed by atoms with Crippen LogP contribution in [-0.4, -0.2) is 21.7 Å². The first-order chi connectivity index (χ1) is 5.20. The second-order valence-electron chi connectivity index (χ2n) is 2.86. The van der Waals surface area contributed by atoms with Gasteiger partial charge in [0.15, 0.2) is 0 Å². The van der Waals surface area contributed by atoms with Crippen molar-refractivity contribution in [1.29, 1.82) is 0 Å². The topological polar surface area (TPSA) is 70.8 Å². The number of anilines is 1. The lowest BCUT2D eigenvalue weighted by Gasteiger charge is -2.16. The number of nitrogens with two attached hydrogens (primary N) is 1. The van der Waals surface area contributed by atoms with Crippen molar-refractivity contribution < 1.29 is 0 Å². The summed E-state index contributed by atoms with van der Waals surface area (Å²) in [6.07, 6.45) is 1.44. The zero-order chi connectivity index (χ0) is 8.27. The highest BCUT2D eigenvalue weighted by molar-refractivity contribution is 5.23. The molecule has 5 heteroatoms. The summed E-state index contributed by atoms with van der Waals surface area (Å²) in [5, 5.41) is 7.93. The molecule has 0 fully saturated rings. The summed E-state index contributed by atoms with van der Waals surface area (Å²) < 4.78 is 0. The zero-order valence-corrected chi connectivity index (χ0v) is 6.78. The maximum absolute atomic E-state index is 5.64. The molecule has 0 aliphatic heterocycles. The Bertz CT molecular complexity index is 193. The highest BCUT2D eigenvalue weighted by atomic mass is 15.5. The van der Waals surface area contributed by atoms with Crippen LogP contribution in [0, 0.1) is 5.92 Å². The Labute approximate surface area is 65.6 Å². The lowest BCUT2D eigenvalue weighted by molar-refractivity contribution is 0.612. The predicted octanol–water partition coefficient (Wildman–Crippen LogP) is 0.141. The van der Waals surface area contributed by atoms with E-state index in [1.165, 1.54) is 6.33 Å². The normalized spacial score (nSPS) is 10.5. The van der Waals surface area contributed by atoms with Crippen molar-refractivity contribution in [2.75, 3.05) is 11.6 Å². The number of rotatable bonds is 3. The van der Waals surface area contributed by atoms with Gasteiger partial charge in [0, 0.05) is 6.54 Å². The van der Waals surface area contributed by atoms with Crippen molar-refractivity contribution in [3.05, 3.63) is 6.33 Å². The van der Waals surface area contributed by atoms with Crippen molar-refractivity contribution in [3.8, 4) is 0 Å². The van der Waals surface area contributed by atoms with Crippen LogP contribution < -0.4 is 10.9 Å². The van der Waals surface area contributed by atoms with Crippen LogP contribution in [0.25, 0.3) is 0 Å². The Kier molecular flexibility index (Phi) is 2.43. The third-order valence-electron chi connectivity index (χ3n) is 1.24. The molecule has 0 aliphatic rings. The third-order valence-corrected chi connectivity index (χ3v) is 1.24. The summed E-state index contributed by atoms with van der Waals surface area (Å²) in [7, 11) is 0. The maximum atomic E-state index is 5.64. The van der Waals surface area contributed by atoms with E-state index < -0.39 is 0 Å². The molecule has 1 heterocycles. The fourth-order valence-electron chi connectivity index (χ4n) is 0.817. The predicted molar refractivity (Wildman–Crippen MR) is 42.8 cm³/mol. The van der Waals surface area contributed by atoms with E-state index in [0.29, 0.717) is 11.9 Å². The quantitative estimate of drug-likeness (QED) is 0.481. The Morgan fingerprint density at radius 1 is 1.73 bits per heavy atom. The van der Waals surface area contributed by atoms with Crippen LogP contribution >= 0.6 is 0 Å². The molecule has 3 N–H and O–H groups in total. The Morgan fingerprint density at radius 3 is 2.91 bits per heavy atom. The molecule has 1 aromatic rings. The number of nitrogens with one attached hydrogen (secondary N) is 1. The Balaban J connectivity index is 2.49. The summed E-state index contributed by atoms with van der Waals surface area (Å²) >= 11 is 0. The molecule has 62 valence electrons. The lowest BCUT2D eigenvalue weighted by atomic mass is 10.2. The zero-order valence-electron chi connectivity index (χ0n) is 6.78. The monoisotopic (exact) mass is 155 g/mol. The minimum atomic E-state index is 0.519. The molecule has 0 saturated carbocycles. The molecular formula is C6H13N5. The standard InChI is InChI=1S/C6H13N5/c1-5(2)3-11(7)6-8-4-9-10-6/h4-5H,3,7H2,1-2H3,(H,8,9,10). The second kappa shape index (κ2) is 3.34. The summed E-state index contributed by atoms with van der Waals surface area (Å²) in [5.74, 6) is 6.77. The first-order valence-corrected chi connectivity index (χ1v) is 3.57. The van der Waals surface area contributed by atoms with Gasteiger partial charge in [0.25, 0.3) is 0 Å². The average molecular weight is 155 g/mol. The molecule has 1 aromatic heterocycles. The molecule has 0 aliphatic carbocycles. The first-order valence-electron chi connectivity index (χ1n) is 3.57. The van der Waals surface area contributed by atoms with Crippen molar-refractivity contribution in [2.24, 2.45) is 11.8 Å². The maximum Gasteiger partial charge on any atom is 0.235 e. The van der Waals surface area contributed by atoms with E-state index in [4.69, 9.17) is 5.84 Å². The lowest BCUT2D eigenvalue weighted by Crippen LogP contribution is -2.35. The van der Waals surface area contributed by atoms with Gasteiger partial charge in [0.05, 0.1) is 0 Å². The van der Waals surface area contributed by atoms with Crippen molar-refractivity contribution >= 4 is 5.95 Å². The smallest absolute Gasteiger partial charge is 0.235 e. The van der Waals surface area contributed by atoms with E-state index in [1.54, 1.807) is 5.01 Å². The Hall–Kier alpha value is -1.10. The number of hydrogen-bond acceptors (Lipinski definition) is 4. The van der Waals surface area contributed by atoms with Gasteiger partial charge >= 0.3 is 0 Å². The second-order valence-corrected chi connectivity index (χ2v) is 2.86. The van der Waals surface area contributed by atoms with Gasteiger partial charge in [-0.1, -0.05) is 13.8 Å². The average Bonchev–Trinajstić information content (AvgIpc) is 2.35. The molecule has 5 nitrogen and oxygen atoms in total. The molecule has 0 atom stereocenters. The van der Waals surface area contributed by atoms with E-state index in [-0.39, 0.29) is 0 Å². The van der Waals surface area contributed by atoms with Crippen LogP contribution in [0.5, 0.6) is 0 Å². The number of aromatic nitrogens is 3. The highest BCUT2D eigenvalue weighted by Gasteiger charge is 2.05. The first kappa shape index (κ1) is 8.00. The fraction of sp³-hybridized carbons (Fsp3) is 0.667. The number of aromatic amines is 1. The summed E-state index contributed by atoms with van der Waals surface area (Å²) in [5.41, 5.74) is 0. The molecule has 0 saturated heterocycles. The van der Waals surface area contributed by atoms with Gasteiger partial charge in [-0.25, -0.2) is 10.9 Å². The van der Waals surface area contributed by atoms with Crippen LogP contribution in [-0.2, 0) is 0 Å². The van der Waals surface area contributed by atoms with Gasteiger partial charge in [-0.15, -0.1) is 0 Å². The summed E-state index contributed by atoms with van der Waals surface area (Å²) in [6, 6.07) is 0. The van der Waals surface area contributed by atoms with E-state index in [0.717, 1.165) is 6.54 Å². The van der Waals surface area contributed by atoms with Crippen LogP contribution in [0.15, 0.2) is 6.33 Å². The van der Waals surface area contributed by atoms with Gasteiger partial charge < -0.3 is 0 Å². The van der Waals surface area contributed by atoms with E-state index in [1.807, 2.05) is 0 Å². The molecule has 0 radical (unpaired) electrons. The molecule has 0 aromatic carbocycles. The Morgan fingerprint density at radius 2 is 2.45 bits per heavy atom. The van der Waals surface area contributed by atoms with Gasteiger partial charge in [0.1, 0.15) is 6.33 Å². The molecule has 0 spiro atoms. The number of H-pyrrole nitrogens is 1. The molecular weight excluding hydrogens is 142 g/mol. The minimum absolute atomic E-state index is 0.519. The number of nitrogens with zero attached hydrogens (tertiary/aromatic N) is 3. The van der Waals surface area contributed by atoms with Crippen molar-refractivity contribution in [1.82, 2.24) is 15.2 Å². The van der Waals surface area contributed by atoms with Crippen LogP contribution in [0.4, 0.5) is 5.95 Å². The SMILES string of the molecule is CC(C)CN(N)c1ncn[nH]1. The molecule has 1 rings (SSSR count). The molecule has 0 unspecified atom stereocenters. The third kappa shape index (κ3) is 2.19. The minimum Gasteiger partial charge on any atom is -0.279 e. The number of hydrogen-bond donors (Lipinski definition) is 2. The van der Waals surface area contributed by atoms with Crippen LogP contribution in [0.1, 0.15) is 13.8 Å². The molecule has 0 bridgehead atoms. The van der Waals surface area contributed by atoms with E-state index in [2.05, 4.69) is 29.0 Å². The van der Waals surface area contributed by atoms with E-state index in [9.17, 15) is 0 Å². The van der Waals surface area contributed by atoms with Crippen molar-refractivity contribution in [2.45, 2.75) is 13.8 Å². The van der Waals surface area contributed by atoms with Gasteiger partial charge in [-0.3, -0.25) is 5.01 Å². The van der Waals surface area contributed by atoms with Crippen molar-refractivity contribution in [3.63, 3.8) is 0 Å². The highest BCUT2D eigenvalue weighted by Crippen LogP contribution is 2.01. The van der Waals surface area contributed by atoms with E-state index >= 15 is 0 Å². The van der Waals surface area contributed by atoms with Crippen LogP contribution in [0.3, 0.4) is 0 Å². The summed E-state index contributed by atoms with van der Waals surface area (Å²) in [6.45, 7) is 4.96. The van der Waals surface area contributed by atoms with Gasteiger partial charge in [-0.05, 0) is 5.92 Å². The molecule has 0 amide bonds. The molecule has 11 heavy (non-hydrogen) atoms. The van der Waals surface area contributed by atoms with Crippen LogP contribution in [0.2, 0.25) is 0 Å². The van der Waals surface area contributed by atoms with Gasteiger partial charge in [0.2, 0.25) is 5.95 Å². The summed E-state index contributed by atoms with van der Waals surface area (Å²) in [4.78, 5) is 3.90. The number of hydrazine groups is 1. The fourth-order valence-corrected chi connectivity index (χ4v) is 0.817. The van der Waals surface area contributed by atoms with Gasteiger partial charge in [-0.2, -0.15) is 10.1 Å². The largest absolute Gasteiger partial charge is 0.279 e.